The molecule has 1 aromatic heterocycles. The van der Waals surface area contributed by atoms with Gasteiger partial charge in [-0.15, -0.1) is 0 Å². The molecule has 1 amide bonds. The van der Waals surface area contributed by atoms with Gasteiger partial charge in [0.2, 0.25) is 0 Å². The van der Waals surface area contributed by atoms with Crippen LogP contribution in [0.2, 0.25) is 0 Å². The molecule has 0 aliphatic rings. The van der Waals surface area contributed by atoms with Crippen LogP contribution in [-0.2, 0) is 0 Å². The Morgan fingerprint density at radius 1 is 0.833 bits per heavy atom. The summed E-state index contributed by atoms with van der Waals surface area (Å²) in [7, 11) is 0. The smallest absolute Gasteiger partial charge is 0.255 e. The lowest BCUT2D eigenvalue weighted by molar-refractivity contribution is 0.102. The van der Waals surface area contributed by atoms with E-state index in [-0.39, 0.29) is 5.91 Å². The largest absolute Gasteiger partial charge is 0.370 e. The number of fused-ring (bicyclic) bond motifs is 1. The number of carbonyl (C=O) groups excluding carboxylic acids is 1. The molecule has 4 aromatic rings. The Morgan fingerprint density at radius 3 is 2.30 bits per heavy atom. The van der Waals surface area contributed by atoms with Gasteiger partial charge in [0.15, 0.2) is 0 Å². The van der Waals surface area contributed by atoms with Gasteiger partial charge in [-0.05, 0) is 61.0 Å². The van der Waals surface area contributed by atoms with Gasteiger partial charge in [0.25, 0.3) is 5.91 Å². The fourth-order valence-electron chi connectivity index (χ4n) is 3.22. The molecule has 0 spiro atoms. The van der Waals surface area contributed by atoms with Crippen LogP contribution in [0.3, 0.4) is 0 Å². The van der Waals surface area contributed by atoms with E-state index in [2.05, 4.69) is 25.9 Å². The third-order valence-corrected chi connectivity index (χ3v) is 4.62. The van der Waals surface area contributed by atoms with Crippen LogP contribution < -0.4 is 16.0 Å². The quantitative estimate of drug-likeness (QED) is 0.408. The van der Waals surface area contributed by atoms with Crippen LogP contribution in [-0.4, -0.2) is 22.4 Å². The highest BCUT2D eigenvalue weighted by Gasteiger charge is 2.07. The molecule has 0 atom stereocenters. The van der Waals surface area contributed by atoms with Crippen LogP contribution in [0.1, 0.15) is 23.1 Å². The normalized spacial score (nSPS) is 10.6. The minimum atomic E-state index is -0.136. The molecule has 0 unspecified atom stereocenters. The van der Waals surface area contributed by atoms with Crippen LogP contribution >= 0.6 is 0 Å². The molecular formula is C24H23N5O. The van der Waals surface area contributed by atoms with Crippen LogP contribution in [0.15, 0.2) is 72.8 Å². The van der Waals surface area contributed by atoms with Crippen molar-refractivity contribution in [2.75, 3.05) is 22.5 Å². The van der Waals surface area contributed by atoms with Gasteiger partial charge in [0.1, 0.15) is 17.5 Å². The van der Waals surface area contributed by atoms with Crippen molar-refractivity contribution in [3.8, 4) is 0 Å². The van der Waals surface area contributed by atoms with Gasteiger partial charge >= 0.3 is 0 Å². The molecule has 3 aromatic carbocycles. The summed E-state index contributed by atoms with van der Waals surface area (Å²) < 4.78 is 0. The Labute approximate surface area is 175 Å². The Kier molecular flexibility index (Phi) is 5.57. The molecule has 1 heterocycles. The van der Waals surface area contributed by atoms with Gasteiger partial charge in [0.05, 0.1) is 0 Å². The number of rotatable bonds is 6. The van der Waals surface area contributed by atoms with Crippen molar-refractivity contribution in [3.63, 3.8) is 0 Å². The third kappa shape index (κ3) is 4.55. The molecule has 6 heteroatoms. The van der Waals surface area contributed by atoms with E-state index >= 15 is 0 Å². The Hall–Kier alpha value is -3.93. The monoisotopic (exact) mass is 397 g/mol. The average Bonchev–Trinajstić information content (AvgIpc) is 2.74. The highest BCUT2D eigenvalue weighted by Crippen LogP contribution is 2.21. The first-order chi connectivity index (χ1) is 14.6. The number of nitrogens with zero attached hydrogens (tertiary/aromatic N) is 2. The molecule has 3 N–H and O–H groups in total. The number of hydrogen-bond acceptors (Lipinski definition) is 5. The number of benzene rings is 3. The molecule has 4 rings (SSSR count). The highest BCUT2D eigenvalue weighted by atomic mass is 16.1. The van der Waals surface area contributed by atoms with E-state index in [1.165, 1.54) is 0 Å². The van der Waals surface area contributed by atoms with Gasteiger partial charge in [0, 0.05) is 29.5 Å². The van der Waals surface area contributed by atoms with Crippen LogP contribution in [0, 0.1) is 6.92 Å². The van der Waals surface area contributed by atoms with Crippen molar-refractivity contribution >= 4 is 39.7 Å². The lowest BCUT2D eigenvalue weighted by Gasteiger charge is -2.10. The fourth-order valence-corrected chi connectivity index (χ4v) is 3.22. The summed E-state index contributed by atoms with van der Waals surface area (Å²) in [6.45, 7) is 4.68. The van der Waals surface area contributed by atoms with Crippen molar-refractivity contribution < 1.29 is 4.79 Å². The maximum Gasteiger partial charge on any atom is 0.255 e. The van der Waals surface area contributed by atoms with Gasteiger partial charge < -0.3 is 16.0 Å². The summed E-state index contributed by atoms with van der Waals surface area (Å²) in [6, 6.07) is 23.1. The number of anilines is 4. The minimum Gasteiger partial charge on any atom is -0.370 e. The van der Waals surface area contributed by atoms with Crippen molar-refractivity contribution in [3.05, 3.63) is 84.2 Å². The van der Waals surface area contributed by atoms with Crippen LogP contribution in [0.25, 0.3) is 10.8 Å². The molecule has 0 saturated heterocycles. The third-order valence-electron chi connectivity index (χ3n) is 4.62. The molecule has 0 saturated carbocycles. The summed E-state index contributed by atoms with van der Waals surface area (Å²) in [6.07, 6.45) is 0. The molecule has 0 bridgehead atoms. The number of nitrogens with one attached hydrogen (secondary N) is 3. The number of amides is 1. The zero-order chi connectivity index (χ0) is 20.9. The van der Waals surface area contributed by atoms with Gasteiger partial charge in [-0.2, -0.15) is 0 Å². The molecule has 0 radical (unpaired) electrons. The SMILES string of the molecule is CCNc1cc(Nc2ccc(NC(=O)c3ccc4ccccc4c3)cc2)nc(C)n1. The second-order valence-electron chi connectivity index (χ2n) is 6.93. The molecular weight excluding hydrogens is 374 g/mol. The lowest BCUT2D eigenvalue weighted by atomic mass is 10.1. The molecule has 30 heavy (non-hydrogen) atoms. The predicted octanol–water partition coefficient (Wildman–Crippen LogP) is 5.37. The summed E-state index contributed by atoms with van der Waals surface area (Å²) in [5.74, 6) is 2.05. The van der Waals surface area contributed by atoms with E-state index < -0.39 is 0 Å². The second kappa shape index (κ2) is 8.61. The molecule has 150 valence electrons. The number of aromatic nitrogens is 2. The maximum absolute atomic E-state index is 12.6. The van der Waals surface area contributed by atoms with E-state index in [0.29, 0.717) is 17.2 Å². The summed E-state index contributed by atoms with van der Waals surface area (Å²) in [4.78, 5) is 21.4. The van der Waals surface area contributed by atoms with Gasteiger partial charge in [-0.25, -0.2) is 9.97 Å². The van der Waals surface area contributed by atoms with Crippen molar-refractivity contribution in [2.24, 2.45) is 0 Å². The number of hydrogen-bond donors (Lipinski definition) is 3. The van der Waals surface area contributed by atoms with Crippen molar-refractivity contribution in [1.29, 1.82) is 0 Å². The van der Waals surface area contributed by atoms with Gasteiger partial charge in [-0.3, -0.25) is 4.79 Å². The zero-order valence-corrected chi connectivity index (χ0v) is 16.9. The van der Waals surface area contributed by atoms with Crippen molar-refractivity contribution in [2.45, 2.75) is 13.8 Å². The van der Waals surface area contributed by atoms with Crippen molar-refractivity contribution in [1.82, 2.24) is 9.97 Å². The summed E-state index contributed by atoms with van der Waals surface area (Å²) in [5.41, 5.74) is 2.23. The first-order valence-corrected chi connectivity index (χ1v) is 9.87. The first-order valence-electron chi connectivity index (χ1n) is 9.87. The molecule has 0 fully saturated rings. The average molecular weight is 397 g/mol. The topological polar surface area (TPSA) is 78.9 Å². The molecule has 0 aliphatic carbocycles. The van der Waals surface area contributed by atoms with E-state index in [1.54, 1.807) is 0 Å². The maximum atomic E-state index is 12.6. The fraction of sp³-hybridized carbons (Fsp3) is 0.125. The summed E-state index contributed by atoms with van der Waals surface area (Å²) >= 11 is 0. The zero-order valence-electron chi connectivity index (χ0n) is 16.9. The van der Waals surface area contributed by atoms with Crippen LogP contribution in [0.5, 0.6) is 0 Å². The molecule has 0 aliphatic heterocycles. The van der Waals surface area contributed by atoms with E-state index in [0.717, 1.165) is 34.5 Å². The predicted molar refractivity (Wildman–Crippen MR) is 123 cm³/mol. The highest BCUT2D eigenvalue weighted by molar-refractivity contribution is 6.06. The Morgan fingerprint density at radius 2 is 1.53 bits per heavy atom. The van der Waals surface area contributed by atoms with Crippen LogP contribution in [0.4, 0.5) is 23.0 Å². The number of aryl methyl sites for hydroxylation is 1. The summed E-state index contributed by atoms with van der Waals surface area (Å²) in [5, 5.41) is 11.6. The minimum absolute atomic E-state index is 0.136. The van der Waals surface area contributed by atoms with E-state index in [9.17, 15) is 4.79 Å². The Balaban J connectivity index is 1.45. The number of carbonyl (C=O) groups is 1. The lowest BCUT2D eigenvalue weighted by Crippen LogP contribution is -2.11. The first kappa shape index (κ1) is 19.4. The molecule has 6 nitrogen and oxygen atoms in total. The van der Waals surface area contributed by atoms with E-state index in [1.807, 2.05) is 86.6 Å². The van der Waals surface area contributed by atoms with E-state index in [4.69, 9.17) is 0 Å². The second-order valence-corrected chi connectivity index (χ2v) is 6.93. The Bertz CT molecular complexity index is 1190. The standard InChI is InChI=1S/C24H23N5O/c1-3-25-22-15-23(27-16(2)26-22)28-20-10-12-21(13-11-20)29-24(30)19-9-8-17-6-4-5-7-18(17)14-19/h4-15H,3H2,1-2H3,(H,29,30)(H2,25,26,27,28). The van der Waals surface area contributed by atoms with Gasteiger partial charge in [-0.1, -0.05) is 30.3 Å².